The molecule has 1 aliphatic rings. The minimum atomic E-state index is -4.40. The Balaban J connectivity index is 0.00000256. The van der Waals surface area contributed by atoms with E-state index in [2.05, 4.69) is 20.4 Å². The van der Waals surface area contributed by atoms with Crippen molar-refractivity contribution in [2.24, 2.45) is 5.92 Å². The first-order chi connectivity index (χ1) is 13.8. The zero-order valence-corrected chi connectivity index (χ0v) is 17.1. The maximum atomic E-state index is 13.0. The van der Waals surface area contributed by atoms with Crippen molar-refractivity contribution in [2.45, 2.75) is 19.0 Å². The van der Waals surface area contributed by atoms with Crippen LogP contribution in [0.4, 0.5) is 19.0 Å². The molecular formula is C21H22ClF3N4O. The number of carbonyl (C=O) groups excluding carboxylic acids is 1. The van der Waals surface area contributed by atoms with Gasteiger partial charge in [0.05, 0.1) is 11.1 Å². The van der Waals surface area contributed by atoms with E-state index in [0.29, 0.717) is 27.8 Å². The number of carbonyl (C=O) groups is 1. The Morgan fingerprint density at radius 3 is 2.53 bits per heavy atom. The minimum absolute atomic E-state index is 0. The number of H-pyrrole nitrogens is 1. The van der Waals surface area contributed by atoms with Crippen molar-refractivity contribution < 1.29 is 18.0 Å². The predicted octanol–water partition coefficient (Wildman–Crippen LogP) is 4.95. The van der Waals surface area contributed by atoms with Gasteiger partial charge in [-0.2, -0.15) is 18.3 Å². The van der Waals surface area contributed by atoms with Gasteiger partial charge in [-0.15, -0.1) is 12.4 Å². The second-order valence-electron chi connectivity index (χ2n) is 7.48. The number of halogens is 4. The third kappa shape index (κ3) is 4.60. The normalized spacial score (nSPS) is 15.7. The molecule has 0 bridgehead atoms. The summed E-state index contributed by atoms with van der Waals surface area (Å²) in [6, 6.07) is 10.4. The van der Waals surface area contributed by atoms with E-state index in [-0.39, 0.29) is 24.2 Å². The van der Waals surface area contributed by atoms with E-state index in [9.17, 15) is 18.0 Å². The van der Waals surface area contributed by atoms with Crippen molar-refractivity contribution in [2.75, 3.05) is 25.5 Å². The molecule has 0 aliphatic carbocycles. The first kappa shape index (κ1) is 22.1. The van der Waals surface area contributed by atoms with E-state index < -0.39 is 11.7 Å². The van der Waals surface area contributed by atoms with Crippen molar-refractivity contribution >= 4 is 35.0 Å². The summed E-state index contributed by atoms with van der Waals surface area (Å²) in [5.74, 6) is 0.262. The number of aromatic amines is 1. The van der Waals surface area contributed by atoms with E-state index >= 15 is 0 Å². The highest BCUT2D eigenvalue weighted by molar-refractivity contribution is 6.01. The summed E-state index contributed by atoms with van der Waals surface area (Å²) in [5, 5.41) is 10.6. The number of aromatic nitrogens is 2. The zero-order chi connectivity index (χ0) is 20.6. The zero-order valence-electron chi connectivity index (χ0n) is 16.3. The lowest BCUT2D eigenvalue weighted by Crippen LogP contribution is -2.36. The first-order valence-corrected chi connectivity index (χ1v) is 9.46. The fourth-order valence-electron chi connectivity index (χ4n) is 3.65. The second-order valence-corrected chi connectivity index (χ2v) is 7.48. The van der Waals surface area contributed by atoms with E-state index in [1.165, 1.54) is 6.07 Å². The van der Waals surface area contributed by atoms with Crippen LogP contribution < -0.4 is 5.32 Å². The lowest BCUT2D eigenvalue weighted by atomic mass is 9.96. The molecule has 30 heavy (non-hydrogen) atoms. The van der Waals surface area contributed by atoms with Crippen molar-refractivity contribution in [3.05, 3.63) is 48.0 Å². The molecule has 1 saturated heterocycles. The summed E-state index contributed by atoms with van der Waals surface area (Å²) in [7, 11) is 2.03. The number of hydrogen-bond donors (Lipinski definition) is 2. The summed E-state index contributed by atoms with van der Waals surface area (Å²) in [5.41, 5.74) is 1.09. The molecule has 2 aromatic carbocycles. The Kier molecular flexibility index (Phi) is 6.38. The van der Waals surface area contributed by atoms with Crippen molar-refractivity contribution in [3.63, 3.8) is 0 Å². The molecule has 1 fully saturated rings. The van der Waals surface area contributed by atoms with Gasteiger partial charge in [0.25, 0.3) is 0 Å². The van der Waals surface area contributed by atoms with E-state index in [0.717, 1.165) is 38.1 Å². The number of alkyl halides is 3. The maximum absolute atomic E-state index is 13.0. The number of anilines is 1. The fraction of sp³-hybridized carbons (Fsp3) is 0.333. The average molecular weight is 439 g/mol. The Morgan fingerprint density at radius 2 is 1.83 bits per heavy atom. The SMILES string of the molecule is CN1CCC(C(=O)Nc2n[nH]c3ccc(-c4cccc(C(F)(F)F)c4)cc23)CC1.Cl. The lowest BCUT2D eigenvalue weighted by Gasteiger charge is -2.27. The summed E-state index contributed by atoms with van der Waals surface area (Å²) >= 11 is 0. The highest BCUT2D eigenvalue weighted by Crippen LogP contribution is 2.33. The summed E-state index contributed by atoms with van der Waals surface area (Å²) in [6.45, 7) is 1.75. The van der Waals surface area contributed by atoms with Gasteiger partial charge < -0.3 is 10.2 Å². The van der Waals surface area contributed by atoms with Gasteiger partial charge in [-0.3, -0.25) is 9.89 Å². The number of nitrogens with one attached hydrogen (secondary N) is 2. The highest BCUT2D eigenvalue weighted by Gasteiger charge is 2.30. The van der Waals surface area contributed by atoms with Gasteiger partial charge in [-0.1, -0.05) is 18.2 Å². The van der Waals surface area contributed by atoms with E-state index in [1.54, 1.807) is 24.3 Å². The molecule has 0 radical (unpaired) electrons. The second kappa shape index (κ2) is 8.65. The molecule has 9 heteroatoms. The van der Waals surface area contributed by atoms with Gasteiger partial charge in [-0.05, 0) is 68.4 Å². The smallest absolute Gasteiger partial charge is 0.308 e. The highest BCUT2D eigenvalue weighted by atomic mass is 35.5. The Morgan fingerprint density at radius 1 is 1.13 bits per heavy atom. The number of amides is 1. The van der Waals surface area contributed by atoms with E-state index in [4.69, 9.17) is 0 Å². The van der Waals surface area contributed by atoms with Crippen LogP contribution in [0.3, 0.4) is 0 Å². The molecule has 5 nitrogen and oxygen atoms in total. The van der Waals surface area contributed by atoms with Gasteiger partial charge in [-0.25, -0.2) is 0 Å². The number of piperidine rings is 1. The number of rotatable bonds is 3. The molecule has 4 rings (SSSR count). The van der Waals surface area contributed by atoms with Gasteiger partial charge >= 0.3 is 6.18 Å². The number of likely N-dealkylation sites (tertiary alicyclic amines) is 1. The Labute approximate surface area is 178 Å². The number of fused-ring (bicyclic) bond motifs is 1. The molecule has 0 spiro atoms. The standard InChI is InChI=1S/C21H21F3N4O.ClH/c1-28-9-7-13(8-10-28)20(29)25-19-17-12-15(5-6-18(17)26-27-19)14-3-2-4-16(11-14)21(22,23)24;/h2-6,11-13H,7-10H2,1H3,(H2,25,26,27,29);1H. The third-order valence-corrected chi connectivity index (χ3v) is 5.42. The molecule has 160 valence electrons. The molecule has 1 aromatic heterocycles. The average Bonchev–Trinajstić information content (AvgIpc) is 3.10. The van der Waals surface area contributed by atoms with Gasteiger partial charge in [0, 0.05) is 11.3 Å². The quantitative estimate of drug-likeness (QED) is 0.608. The third-order valence-electron chi connectivity index (χ3n) is 5.42. The minimum Gasteiger partial charge on any atom is -0.308 e. The van der Waals surface area contributed by atoms with E-state index in [1.807, 2.05) is 7.05 Å². The van der Waals surface area contributed by atoms with Crippen LogP contribution in [0, 0.1) is 5.92 Å². The molecule has 0 atom stereocenters. The molecule has 0 saturated carbocycles. The summed E-state index contributed by atoms with van der Waals surface area (Å²) in [4.78, 5) is 14.8. The van der Waals surface area contributed by atoms with Crippen LogP contribution in [0.1, 0.15) is 18.4 Å². The molecule has 1 aliphatic heterocycles. The fourth-order valence-corrected chi connectivity index (χ4v) is 3.65. The lowest BCUT2D eigenvalue weighted by molar-refractivity contribution is -0.137. The van der Waals surface area contributed by atoms with Crippen molar-refractivity contribution in [1.29, 1.82) is 0 Å². The van der Waals surface area contributed by atoms with Crippen LogP contribution in [0.2, 0.25) is 0 Å². The Bertz CT molecular complexity index is 1040. The van der Waals surface area contributed by atoms with Crippen LogP contribution in [-0.2, 0) is 11.0 Å². The summed E-state index contributed by atoms with van der Waals surface area (Å²) in [6.07, 6.45) is -2.82. The Hall–Kier alpha value is -2.58. The van der Waals surface area contributed by atoms with Crippen molar-refractivity contribution in [1.82, 2.24) is 15.1 Å². The van der Waals surface area contributed by atoms with Crippen LogP contribution in [0.25, 0.3) is 22.0 Å². The first-order valence-electron chi connectivity index (χ1n) is 9.46. The van der Waals surface area contributed by atoms with Crippen molar-refractivity contribution in [3.8, 4) is 11.1 Å². The molecule has 3 aromatic rings. The molecular weight excluding hydrogens is 417 g/mol. The predicted molar refractivity (Wildman–Crippen MR) is 113 cm³/mol. The van der Waals surface area contributed by atoms with Crippen LogP contribution >= 0.6 is 12.4 Å². The van der Waals surface area contributed by atoms with Gasteiger partial charge in [0.2, 0.25) is 5.91 Å². The topological polar surface area (TPSA) is 61.0 Å². The van der Waals surface area contributed by atoms with Crippen LogP contribution in [-0.4, -0.2) is 41.1 Å². The molecule has 2 heterocycles. The van der Waals surface area contributed by atoms with Crippen LogP contribution in [0.15, 0.2) is 42.5 Å². The maximum Gasteiger partial charge on any atom is 0.416 e. The number of benzene rings is 2. The van der Waals surface area contributed by atoms with Gasteiger partial charge in [0.15, 0.2) is 5.82 Å². The molecule has 1 amide bonds. The molecule has 0 unspecified atom stereocenters. The van der Waals surface area contributed by atoms with Gasteiger partial charge in [0.1, 0.15) is 0 Å². The number of nitrogens with zero attached hydrogens (tertiary/aromatic N) is 2. The summed E-state index contributed by atoms with van der Waals surface area (Å²) < 4.78 is 39.1. The number of hydrogen-bond acceptors (Lipinski definition) is 3. The monoisotopic (exact) mass is 438 g/mol. The van der Waals surface area contributed by atoms with Crippen LogP contribution in [0.5, 0.6) is 0 Å². The largest absolute Gasteiger partial charge is 0.416 e. The molecule has 2 N–H and O–H groups in total.